The first-order chi connectivity index (χ1) is 5.59. The van der Waals surface area contributed by atoms with Gasteiger partial charge in [-0.3, -0.25) is 0 Å². The van der Waals surface area contributed by atoms with Crippen molar-refractivity contribution in [2.45, 2.75) is 12.2 Å². The number of halogens is 4. The highest BCUT2D eigenvalue weighted by Gasteiger charge is 2.54. The van der Waals surface area contributed by atoms with Crippen molar-refractivity contribution >= 4 is 11.9 Å². The Morgan fingerprint density at radius 1 is 0.923 bits per heavy atom. The predicted octanol–water partition coefficient (Wildman–Crippen LogP) is 0.358. The van der Waals surface area contributed by atoms with Crippen molar-refractivity contribution in [2.24, 2.45) is 0 Å². The molecule has 9 heteroatoms. The van der Waals surface area contributed by atoms with Crippen molar-refractivity contribution in [1.82, 2.24) is 0 Å². The molecular formula is C4H2F4O5. The fourth-order valence-corrected chi connectivity index (χ4v) is 0.248. The first-order valence-corrected chi connectivity index (χ1v) is 2.52. The van der Waals surface area contributed by atoms with Gasteiger partial charge in [0.15, 0.2) is 0 Å². The van der Waals surface area contributed by atoms with Gasteiger partial charge in [0, 0.05) is 0 Å². The average molecular weight is 206 g/mol. The molecule has 0 aromatic rings. The molecule has 0 aromatic carbocycles. The first-order valence-electron chi connectivity index (χ1n) is 2.52. The molecule has 0 amide bonds. The molecular weight excluding hydrogens is 204 g/mol. The highest BCUT2D eigenvalue weighted by molar-refractivity contribution is 5.76. The van der Waals surface area contributed by atoms with E-state index in [2.05, 4.69) is 4.74 Å². The third kappa shape index (κ3) is 2.86. The van der Waals surface area contributed by atoms with Crippen LogP contribution in [0.4, 0.5) is 17.6 Å². The van der Waals surface area contributed by atoms with E-state index in [1.54, 1.807) is 0 Å². The number of ether oxygens (including phenoxy) is 1. The molecule has 0 fully saturated rings. The van der Waals surface area contributed by atoms with Crippen molar-refractivity contribution in [3.05, 3.63) is 0 Å². The fourth-order valence-electron chi connectivity index (χ4n) is 0.248. The van der Waals surface area contributed by atoms with Crippen LogP contribution in [0.1, 0.15) is 0 Å². The van der Waals surface area contributed by atoms with Gasteiger partial charge in [0.1, 0.15) is 0 Å². The quantitative estimate of drug-likeness (QED) is 0.648. The fraction of sp³-hybridized carbons (Fsp3) is 0.500. The van der Waals surface area contributed by atoms with Gasteiger partial charge in [-0.2, -0.15) is 17.6 Å². The molecule has 0 aliphatic rings. The smallest absolute Gasteiger partial charge is 0.460 e. The molecule has 2 N–H and O–H groups in total. The highest BCUT2D eigenvalue weighted by atomic mass is 19.3. The number of carboxylic acid groups (broad SMARTS) is 2. The van der Waals surface area contributed by atoms with Gasteiger partial charge in [0.25, 0.3) is 0 Å². The van der Waals surface area contributed by atoms with Crippen molar-refractivity contribution < 1.29 is 42.1 Å². The number of aliphatic carboxylic acids is 2. The molecule has 0 aromatic heterocycles. The molecule has 0 aliphatic heterocycles. The Hall–Kier alpha value is -1.38. The van der Waals surface area contributed by atoms with Crippen LogP contribution in [-0.2, 0) is 14.3 Å². The minimum atomic E-state index is -5.25. The van der Waals surface area contributed by atoms with Crippen LogP contribution in [0, 0.1) is 0 Å². The van der Waals surface area contributed by atoms with Gasteiger partial charge in [-0.05, 0) is 0 Å². The summed E-state index contributed by atoms with van der Waals surface area (Å²) < 4.78 is 49.6. The zero-order chi connectivity index (χ0) is 10.9. The summed E-state index contributed by atoms with van der Waals surface area (Å²) in [4.78, 5) is 19.0. The molecule has 0 radical (unpaired) electrons. The lowest BCUT2D eigenvalue weighted by Gasteiger charge is -2.16. The first kappa shape index (κ1) is 11.6. The minimum absolute atomic E-state index is 2.28. The van der Waals surface area contributed by atoms with Crippen LogP contribution in [0.25, 0.3) is 0 Å². The molecule has 13 heavy (non-hydrogen) atoms. The molecule has 0 heterocycles. The van der Waals surface area contributed by atoms with Crippen molar-refractivity contribution in [3.8, 4) is 0 Å². The van der Waals surface area contributed by atoms with E-state index in [1.165, 1.54) is 0 Å². The van der Waals surface area contributed by atoms with Crippen LogP contribution in [0.5, 0.6) is 0 Å². The van der Waals surface area contributed by atoms with E-state index >= 15 is 0 Å². The Labute approximate surface area is 67.5 Å². The summed E-state index contributed by atoms with van der Waals surface area (Å²) in [6.07, 6.45) is -10.5. The summed E-state index contributed by atoms with van der Waals surface area (Å²) >= 11 is 0. The van der Waals surface area contributed by atoms with Crippen LogP contribution >= 0.6 is 0 Å². The van der Waals surface area contributed by atoms with Crippen LogP contribution < -0.4 is 0 Å². The lowest BCUT2D eigenvalue weighted by Crippen LogP contribution is -2.43. The summed E-state index contributed by atoms with van der Waals surface area (Å²) in [6.45, 7) is 0. The predicted molar refractivity (Wildman–Crippen MR) is 26.3 cm³/mol. The summed E-state index contributed by atoms with van der Waals surface area (Å²) in [5.41, 5.74) is 0. The van der Waals surface area contributed by atoms with E-state index in [-0.39, 0.29) is 0 Å². The molecule has 0 unspecified atom stereocenters. The van der Waals surface area contributed by atoms with Gasteiger partial charge in [-0.25, -0.2) is 14.3 Å². The van der Waals surface area contributed by atoms with Crippen LogP contribution in [-0.4, -0.2) is 34.4 Å². The van der Waals surface area contributed by atoms with E-state index in [0.29, 0.717) is 0 Å². The number of hydrogen-bond donors (Lipinski definition) is 2. The molecule has 0 aliphatic carbocycles. The SMILES string of the molecule is O=C(O)C(F)(F)OC(F)(F)C(=O)O. The Balaban J connectivity index is 4.61. The Morgan fingerprint density at radius 3 is 1.31 bits per heavy atom. The number of carbonyl (C=O) groups is 2. The van der Waals surface area contributed by atoms with Crippen molar-refractivity contribution in [1.29, 1.82) is 0 Å². The van der Waals surface area contributed by atoms with Gasteiger partial charge in [0.2, 0.25) is 0 Å². The third-order valence-electron chi connectivity index (χ3n) is 0.754. The Morgan fingerprint density at radius 2 is 1.15 bits per heavy atom. The van der Waals surface area contributed by atoms with E-state index in [1.807, 2.05) is 0 Å². The minimum Gasteiger partial charge on any atom is -0.475 e. The monoisotopic (exact) mass is 206 g/mol. The molecule has 0 bridgehead atoms. The lowest BCUT2D eigenvalue weighted by molar-refractivity contribution is -0.352. The normalized spacial score (nSPS) is 12.6. The van der Waals surface area contributed by atoms with Gasteiger partial charge >= 0.3 is 24.2 Å². The van der Waals surface area contributed by atoms with E-state index in [0.717, 1.165) is 0 Å². The number of carboxylic acids is 2. The summed E-state index contributed by atoms with van der Waals surface area (Å²) in [7, 11) is 0. The van der Waals surface area contributed by atoms with Gasteiger partial charge in [-0.1, -0.05) is 0 Å². The van der Waals surface area contributed by atoms with Gasteiger partial charge in [-0.15, -0.1) is 0 Å². The zero-order valence-corrected chi connectivity index (χ0v) is 5.63. The molecule has 0 saturated heterocycles. The zero-order valence-electron chi connectivity index (χ0n) is 5.63. The third-order valence-corrected chi connectivity index (χ3v) is 0.754. The van der Waals surface area contributed by atoms with E-state index in [4.69, 9.17) is 10.2 Å². The maximum absolute atomic E-state index is 11.8. The Kier molecular flexibility index (Phi) is 2.83. The maximum Gasteiger partial charge on any atom is 0.460 e. The van der Waals surface area contributed by atoms with E-state index < -0.39 is 24.2 Å². The molecule has 0 spiro atoms. The van der Waals surface area contributed by atoms with E-state index in [9.17, 15) is 27.2 Å². The summed E-state index contributed by atoms with van der Waals surface area (Å²) in [6, 6.07) is 0. The summed E-state index contributed by atoms with van der Waals surface area (Å²) in [5.74, 6) is -6.01. The number of alkyl halides is 4. The molecule has 0 atom stereocenters. The average Bonchev–Trinajstić information content (AvgIpc) is 1.83. The highest BCUT2D eigenvalue weighted by Crippen LogP contribution is 2.27. The lowest BCUT2D eigenvalue weighted by atomic mass is 10.6. The molecule has 0 rings (SSSR count). The van der Waals surface area contributed by atoms with Crippen LogP contribution in [0.2, 0.25) is 0 Å². The number of hydrogen-bond acceptors (Lipinski definition) is 3. The van der Waals surface area contributed by atoms with Gasteiger partial charge in [0.05, 0.1) is 0 Å². The van der Waals surface area contributed by atoms with Gasteiger partial charge < -0.3 is 10.2 Å². The Bertz CT molecular complexity index is 213. The standard InChI is InChI=1S/C4H2F4O5/c5-3(6,1(9)10)13-4(7,8)2(11)12/h(H,9,10)(H,11,12). The second-order valence-electron chi connectivity index (χ2n) is 1.75. The second-order valence-corrected chi connectivity index (χ2v) is 1.75. The molecule has 76 valence electrons. The maximum atomic E-state index is 11.8. The van der Waals surface area contributed by atoms with Crippen LogP contribution in [0.15, 0.2) is 0 Å². The van der Waals surface area contributed by atoms with Crippen molar-refractivity contribution in [2.75, 3.05) is 0 Å². The second kappa shape index (κ2) is 3.17. The van der Waals surface area contributed by atoms with Crippen molar-refractivity contribution in [3.63, 3.8) is 0 Å². The summed E-state index contributed by atoms with van der Waals surface area (Å²) in [5, 5.41) is 15.2. The van der Waals surface area contributed by atoms with Crippen LogP contribution in [0.3, 0.4) is 0 Å². The number of rotatable bonds is 4. The molecule has 0 saturated carbocycles. The largest absolute Gasteiger partial charge is 0.475 e. The molecule has 5 nitrogen and oxygen atoms in total. The topological polar surface area (TPSA) is 83.8 Å².